The molecule has 0 heterocycles. The van der Waals surface area contributed by atoms with Gasteiger partial charge in [0, 0.05) is 6.42 Å². The quantitative estimate of drug-likeness (QED) is 0.0426. The average Bonchev–Trinajstić information content (AvgIpc) is 3.19. The van der Waals surface area contributed by atoms with Gasteiger partial charge in [-0.25, -0.2) is 0 Å². The molecule has 0 spiro atoms. The molecule has 4 nitrogen and oxygen atoms in total. The van der Waals surface area contributed by atoms with Crippen LogP contribution in [0.2, 0.25) is 0 Å². The van der Waals surface area contributed by atoms with Crippen molar-refractivity contribution in [1.29, 1.82) is 0 Å². The minimum Gasteiger partial charge on any atom is -0.394 e. The van der Waals surface area contributed by atoms with E-state index in [-0.39, 0.29) is 12.5 Å². The molecule has 0 aliphatic carbocycles. The standard InChI is InChI=1S/C51H99NO3/c1-3-5-7-9-11-13-15-17-19-21-23-25-27-28-30-32-34-36-38-40-42-44-46-50(54)49(48-53)52-51(55)47-45-43-41-39-37-35-33-31-29-26-24-22-20-18-16-14-12-10-8-6-4-2/h6,8,12,14,49-50,53-54H,3-5,7,9-11,13,15-48H2,1-2H3,(H,52,55)/b8-6-,14-12-. The molecule has 0 aliphatic rings. The topological polar surface area (TPSA) is 69.6 Å². The SMILES string of the molecule is CC/C=C\C/C=C\CCCCCCCCCCCCCCCCC(=O)NC(CO)C(O)CCCCCCCCCCCCCCCCCCCCCCCC. The Morgan fingerprint density at radius 3 is 1.18 bits per heavy atom. The van der Waals surface area contributed by atoms with Crippen LogP contribution in [0.5, 0.6) is 0 Å². The summed E-state index contributed by atoms with van der Waals surface area (Å²) in [5, 5.41) is 23.3. The van der Waals surface area contributed by atoms with E-state index in [4.69, 9.17) is 0 Å². The van der Waals surface area contributed by atoms with Gasteiger partial charge in [-0.3, -0.25) is 4.79 Å². The molecule has 2 unspecified atom stereocenters. The van der Waals surface area contributed by atoms with Crippen LogP contribution in [0, 0.1) is 0 Å². The zero-order valence-corrected chi connectivity index (χ0v) is 37.5. The lowest BCUT2D eigenvalue weighted by atomic mass is 10.0. The van der Waals surface area contributed by atoms with Gasteiger partial charge in [-0.1, -0.05) is 256 Å². The molecule has 0 fully saturated rings. The number of aliphatic hydroxyl groups excluding tert-OH is 2. The maximum Gasteiger partial charge on any atom is 0.220 e. The number of aliphatic hydroxyl groups is 2. The number of hydrogen-bond donors (Lipinski definition) is 3. The maximum atomic E-state index is 12.5. The predicted octanol–water partition coefficient (Wildman–Crippen LogP) is 16.0. The summed E-state index contributed by atoms with van der Waals surface area (Å²) >= 11 is 0. The van der Waals surface area contributed by atoms with Gasteiger partial charge in [0.15, 0.2) is 0 Å². The summed E-state index contributed by atoms with van der Waals surface area (Å²) in [6.07, 6.45) is 61.4. The molecular formula is C51H99NO3. The number of rotatable bonds is 46. The minimum absolute atomic E-state index is 0.0283. The van der Waals surface area contributed by atoms with E-state index in [2.05, 4.69) is 43.5 Å². The van der Waals surface area contributed by atoms with Gasteiger partial charge in [0.25, 0.3) is 0 Å². The summed E-state index contributed by atoms with van der Waals surface area (Å²) in [4.78, 5) is 12.5. The molecule has 0 radical (unpaired) electrons. The third-order valence-electron chi connectivity index (χ3n) is 11.7. The van der Waals surface area contributed by atoms with E-state index in [9.17, 15) is 15.0 Å². The number of amides is 1. The highest BCUT2D eigenvalue weighted by atomic mass is 16.3. The molecule has 0 aromatic heterocycles. The monoisotopic (exact) mass is 774 g/mol. The second kappa shape index (κ2) is 47.2. The fraction of sp³-hybridized carbons (Fsp3) is 0.902. The lowest BCUT2D eigenvalue weighted by Crippen LogP contribution is -2.45. The van der Waals surface area contributed by atoms with Crippen LogP contribution in [0.1, 0.15) is 277 Å². The van der Waals surface area contributed by atoms with Crippen LogP contribution in [0.3, 0.4) is 0 Å². The van der Waals surface area contributed by atoms with Gasteiger partial charge in [0.2, 0.25) is 5.91 Å². The Hall–Kier alpha value is -1.13. The van der Waals surface area contributed by atoms with Crippen LogP contribution < -0.4 is 5.32 Å². The van der Waals surface area contributed by atoms with E-state index in [1.165, 1.54) is 212 Å². The van der Waals surface area contributed by atoms with Gasteiger partial charge >= 0.3 is 0 Å². The van der Waals surface area contributed by atoms with E-state index in [1.54, 1.807) is 0 Å². The van der Waals surface area contributed by atoms with Gasteiger partial charge in [-0.15, -0.1) is 0 Å². The molecule has 55 heavy (non-hydrogen) atoms. The lowest BCUT2D eigenvalue weighted by molar-refractivity contribution is -0.123. The summed E-state index contributed by atoms with van der Waals surface area (Å²) in [6, 6.07) is -0.534. The van der Waals surface area contributed by atoms with Gasteiger partial charge in [0.1, 0.15) is 0 Å². The van der Waals surface area contributed by atoms with Crippen molar-refractivity contribution in [3.05, 3.63) is 24.3 Å². The molecular weight excluding hydrogens is 675 g/mol. The third kappa shape index (κ3) is 43.8. The second-order valence-corrected chi connectivity index (χ2v) is 17.2. The Labute approximate surface area is 345 Å². The Kier molecular flexibility index (Phi) is 46.3. The van der Waals surface area contributed by atoms with E-state index >= 15 is 0 Å². The first kappa shape index (κ1) is 53.9. The van der Waals surface area contributed by atoms with Gasteiger partial charge in [0.05, 0.1) is 18.8 Å². The predicted molar refractivity (Wildman–Crippen MR) is 244 cm³/mol. The minimum atomic E-state index is -0.658. The molecule has 4 heteroatoms. The normalized spacial score (nSPS) is 13.0. The molecule has 3 N–H and O–H groups in total. The van der Waals surface area contributed by atoms with E-state index < -0.39 is 12.1 Å². The highest BCUT2D eigenvalue weighted by Gasteiger charge is 2.20. The Morgan fingerprint density at radius 1 is 0.455 bits per heavy atom. The van der Waals surface area contributed by atoms with Crippen LogP contribution in [0.25, 0.3) is 0 Å². The van der Waals surface area contributed by atoms with Crippen molar-refractivity contribution in [2.24, 2.45) is 0 Å². The molecule has 1 amide bonds. The molecule has 2 atom stereocenters. The highest BCUT2D eigenvalue weighted by Crippen LogP contribution is 2.17. The molecule has 0 rings (SSSR count). The first-order chi connectivity index (χ1) is 27.2. The maximum absolute atomic E-state index is 12.5. The first-order valence-electron chi connectivity index (χ1n) is 25.0. The average molecular weight is 774 g/mol. The lowest BCUT2D eigenvalue weighted by Gasteiger charge is -2.22. The summed E-state index contributed by atoms with van der Waals surface area (Å²) in [6.45, 7) is 4.28. The van der Waals surface area contributed by atoms with Crippen LogP contribution in [-0.4, -0.2) is 34.9 Å². The summed E-state index contributed by atoms with van der Waals surface area (Å²) in [7, 11) is 0. The van der Waals surface area contributed by atoms with E-state index in [0.29, 0.717) is 12.8 Å². The van der Waals surface area contributed by atoms with E-state index in [0.717, 1.165) is 38.5 Å². The molecule has 0 saturated carbocycles. The van der Waals surface area contributed by atoms with Crippen molar-refractivity contribution < 1.29 is 15.0 Å². The first-order valence-corrected chi connectivity index (χ1v) is 25.0. The Morgan fingerprint density at radius 2 is 0.800 bits per heavy atom. The summed E-state index contributed by atoms with van der Waals surface area (Å²) in [5.41, 5.74) is 0. The fourth-order valence-corrected chi connectivity index (χ4v) is 7.93. The molecule has 326 valence electrons. The van der Waals surface area contributed by atoms with E-state index in [1.807, 2.05) is 0 Å². The van der Waals surface area contributed by atoms with Gasteiger partial charge < -0.3 is 15.5 Å². The van der Waals surface area contributed by atoms with Gasteiger partial charge in [-0.2, -0.15) is 0 Å². The van der Waals surface area contributed by atoms with Crippen LogP contribution in [-0.2, 0) is 4.79 Å². The van der Waals surface area contributed by atoms with Crippen molar-refractivity contribution >= 4 is 5.91 Å². The number of allylic oxidation sites excluding steroid dienone is 4. The molecule has 0 bridgehead atoms. The summed E-state index contributed by atoms with van der Waals surface area (Å²) < 4.78 is 0. The van der Waals surface area contributed by atoms with Crippen molar-refractivity contribution in [2.75, 3.05) is 6.61 Å². The van der Waals surface area contributed by atoms with Crippen LogP contribution in [0.4, 0.5) is 0 Å². The van der Waals surface area contributed by atoms with Crippen LogP contribution >= 0.6 is 0 Å². The summed E-state index contributed by atoms with van der Waals surface area (Å²) in [5.74, 6) is -0.0283. The van der Waals surface area contributed by atoms with Crippen LogP contribution in [0.15, 0.2) is 24.3 Å². The van der Waals surface area contributed by atoms with Gasteiger partial charge in [-0.05, 0) is 38.5 Å². The number of nitrogens with one attached hydrogen (secondary N) is 1. The van der Waals surface area contributed by atoms with Crippen molar-refractivity contribution in [3.63, 3.8) is 0 Å². The van der Waals surface area contributed by atoms with Crippen molar-refractivity contribution in [2.45, 2.75) is 289 Å². The zero-order valence-electron chi connectivity index (χ0n) is 37.5. The smallest absolute Gasteiger partial charge is 0.220 e. The second-order valence-electron chi connectivity index (χ2n) is 17.2. The largest absolute Gasteiger partial charge is 0.394 e. The number of hydrogen-bond acceptors (Lipinski definition) is 3. The molecule has 0 aromatic rings. The molecule has 0 aliphatic heterocycles. The highest BCUT2D eigenvalue weighted by molar-refractivity contribution is 5.76. The van der Waals surface area contributed by atoms with Crippen molar-refractivity contribution in [3.8, 4) is 0 Å². The number of unbranched alkanes of at least 4 members (excludes halogenated alkanes) is 35. The Balaban J connectivity index is 3.45. The number of carbonyl (C=O) groups is 1. The third-order valence-corrected chi connectivity index (χ3v) is 11.7. The molecule has 0 saturated heterocycles. The fourth-order valence-electron chi connectivity index (χ4n) is 7.93. The molecule has 0 aromatic carbocycles. The zero-order chi connectivity index (χ0) is 40.0. The number of carbonyl (C=O) groups excluding carboxylic acids is 1. The van der Waals surface area contributed by atoms with Crippen molar-refractivity contribution in [1.82, 2.24) is 5.32 Å². The Bertz CT molecular complexity index is 795.